The molecule has 4 aromatic heterocycles. The van der Waals surface area contributed by atoms with Crippen LogP contribution in [0.2, 0.25) is 0 Å². The molecule has 1 saturated carbocycles. The first kappa shape index (κ1) is 24.8. The Balaban J connectivity index is 1.30. The van der Waals surface area contributed by atoms with Crippen molar-refractivity contribution in [2.24, 2.45) is 0 Å². The van der Waals surface area contributed by atoms with Crippen LogP contribution in [0.3, 0.4) is 0 Å². The van der Waals surface area contributed by atoms with E-state index in [1.807, 2.05) is 50.9 Å². The van der Waals surface area contributed by atoms with Gasteiger partial charge in [-0.05, 0) is 45.4 Å². The summed E-state index contributed by atoms with van der Waals surface area (Å²) in [6.07, 6.45) is 4.98. The quantitative estimate of drug-likeness (QED) is 0.365. The number of nitrogens with one attached hydrogen (secondary N) is 1. The SMILES string of the molecule is CN(CCCO)c1nccc2oc(-c3cnc4ccc(O[C@H]5C[C@H](NC(=O)OC(C)(C)C)C5)nn34)cc12. The van der Waals surface area contributed by atoms with Crippen LogP contribution in [-0.2, 0) is 4.74 Å². The van der Waals surface area contributed by atoms with Crippen molar-refractivity contribution in [1.29, 1.82) is 0 Å². The Morgan fingerprint density at radius 2 is 2.08 bits per heavy atom. The molecule has 11 nitrogen and oxygen atoms in total. The van der Waals surface area contributed by atoms with Crippen molar-refractivity contribution in [2.45, 2.75) is 57.8 Å². The molecule has 0 atom stereocenters. The fourth-order valence-electron chi connectivity index (χ4n) is 4.31. The number of fused-ring (bicyclic) bond motifs is 2. The summed E-state index contributed by atoms with van der Waals surface area (Å²) >= 11 is 0. The number of carbonyl (C=O) groups is 1. The number of nitrogens with zero attached hydrogens (tertiary/aromatic N) is 5. The van der Waals surface area contributed by atoms with Crippen molar-refractivity contribution in [3.05, 3.63) is 36.7 Å². The summed E-state index contributed by atoms with van der Waals surface area (Å²) in [5.74, 6) is 1.86. The average molecular weight is 509 g/mol. The summed E-state index contributed by atoms with van der Waals surface area (Å²) in [6, 6.07) is 7.41. The first-order valence-electron chi connectivity index (χ1n) is 12.4. The van der Waals surface area contributed by atoms with Gasteiger partial charge >= 0.3 is 6.09 Å². The van der Waals surface area contributed by atoms with E-state index >= 15 is 0 Å². The molecule has 2 N–H and O–H groups in total. The van der Waals surface area contributed by atoms with Gasteiger partial charge in [0.1, 0.15) is 28.8 Å². The molecule has 0 saturated heterocycles. The number of furan rings is 1. The Bertz CT molecular complexity index is 1400. The van der Waals surface area contributed by atoms with Crippen LogP contribution < -0.4 is 15.0 Å². The van der Waals surface area contributed by atoms with Crippen molar-refractivity contribution in [3.8, 4) is 17.3 Å². The Labute approximate surface area is 214 Å². The van der Waals surface area contributed by atoms with Crippen LogP contribution in [0.25, 0.3) is 28.1 Å². The molecule has 0 unspecified atom stereocenters. The molecular weight excluding hydrogens is 476 g/mol. The van der Waals surface area contributed by atoms with Crippen molar-refractivity contribution in [2.75, 3.05) is 25.1 Å². The number of aromatic nitrogens is 4. The molecular formula is C26H32N6O5. The van der Waals surface area contributed by atoms with E-state index in [0.717, 1.165) is 11.2 Å². The molecule has 11 heteroatoms. The van der Waals surface area contributed by atoms with Gasteiger partial charge < -0.3 is 29.2 Å². The molecule has 196 valence electrons. The number of rotatable bonds is 8. The zero-order valence-corrected chi connectivity index (χ0v) is 21.5. The van der Waals surface area contributed by atoms with E-state index in [4.69, 9.17) is 13.9 Å². The van der Waals surface area contributed by atoms with Crippen LogP contribution in [-0.4, -0.2) is 68.7 Å². The van der Waals surface area contributed by atoms with Gasteiger partial charge in [-0.3, -0.25) is 0 Å². The number of amides is 1. The minimum atomic E-state index is -0.528. The molecule has 37 heavy (non-hydrogen) atoms. The highest BCUT2D eigenvalue weighted by Crippen LogP contribution is 2.33. The number of ether oxygens (including phenoxy) is 2. The third kappa shape index (κ3) is 5.46. The highest BCUT2D eigenvalue weighted by atomic mass is 16.6. The van der Waals surface area contributed by atoms with Gasteiger partial charge in [0, 0.05) is 51.3 Å². The van der Waals surface area contributed by atoms with Crippen LogP contribution in [0, 0.1) is 0 Å². The molecule has 5 rings (SSSR count). The highest BCUT2D eigenvalue weighted by molar-refractivity contribution is 5.91. The Morgan fingerprint density at radius 1 is 1.27 bits per heavy atom. The normalized spacial score (nSPS) is 17.5. The predicted octanol–water partition coefficient (Wildman–Crippen LogP) is 3.79. The molecule has 0 aliphatic heterocycles. The van der Waals surface area contributed by atoms with E-state index in [-0.39, 0.29) is 18.8 Å². The molecule has 0 spiro atoms. The number of aliphatic hydroxyl groups excluding tert-OH is 1. The van der Waals surface area contributed by atoms with Crippen molar-refractivity contribution in [3.63, 3.8) is 0 Å². The molecule has 0 aromatic carbocycles. The fourth-order valence-corrected chi connectivity index (χ4v) is 4.31. The zero-order valence-electron chi connectivity index (χ0n) is 21.5. The van der Waals surface area contributed by atoms with Crippen LogP contribution in [0.1, 0.15) is 40.0 Å². The number of hydrogen-bond donors (Lipinski definition) is 2. The fraction of sp³-hybridized carbons (Fsp3) is 0.462. The topological polar surface area (TPSA) is 127 Å². The molecule has 1 aliphatic carbocycles. The lowest BCUT2D eigenvalue weighted by Gasteiger charge is -2.35. The van der Waals surface area contributed by atoms with Gasteiger partial charge in [-0.15, -0.1) is 5.10 Å². The minimum absolute atomic E-state index is 0.0150. The van der Waals surface area contributed by atoms with Gasteiger partial charge in [-0.1, -0.05) is 0 Å². The Kier molecular flexibility index (Phi) is 6.63. The van der Waals surface area contributed by atoms with Crippen molar-refractivity contribution >= 4 is 28.5 Å². The Morgan fingerprint density at radius 3 is 2.84 bits per heavy atom. The summed E-state index contributed by atoms with van der Waals surface area (Å²) in [5, 5.41) is 17.6. The number of hydrogen-bond acceptors (Lipinski definition) is 9. The van der Waals surface area contributed by atoms with Gasteiger partial charge in [-0.25, -0.2) is 19.3 Å². The highest BCUT2D eigenvalue weighted by Gasteiger charge is 2.33. The van der Waals surface area contributed by atoms with Crippen molar-refractivity contribution in [1.82, 2.24) is 24.9 Å². The van der Waals surface area contributed by atoms with E-state index in [1.165, 1.54) is 0 Å². The number of imidazole rings is 1. The summed E-state index contributed by atoms with van der Waals surface area (Å²) in [5.41, 5.74) is 1.54. The van der Waals surface area contributed by atoms with Crippen LogP contribution >= 0.6 is 0 Å². The third-order valence-electron chi connectivity index (χ3n) is 6.13. The molecule has 1 aliphatic rings. The van der Waals surface area contributed by atoms with Gasteiger partial charge in [-0.2, -0.15) is 0 Å². The molecule has 0 radical (unpaired) electrons. The number of carbonyl (C=O) groups excluding carboxylic acids is 1. The van der Waals surface area contributed by atoms with Crippen LogP contribution in [0.5, 0.6) is 5.88 Å². The van der Waals surface area contributed by atoms with E-state index in [2.05, 4.69) is 20.4 Å². The number of anilines is 1. The van der Waals surface area contributed by atoms with E-state index in [0.29, 0.717) is 54.4 Å². The largest absolute Gasteiger partial charge is 0.473 e. The lowest BCUT2D eigenvalue weighted by atomic mass is 9.89. The van der Waals surface area contributed by atoms with Crippen LogP contribution in [0.4, 0.5) is 10.6 Å². The standard InChI is InChI=1S/C26H32N6O5/c1-26(2,3)37-25(34)29-16-12-17(13-16)35-23-7-6-22-28-15-19(32(22)30-23)21-14-18-20(36-21)8-9-27-24(18)31(4)10-5-11-33/h6-9,14-17,33H,5,10-13H2,1-4H3,(H,29,34)/t16-,17-. The summed E-state index contributed by atoms with van der Waals surface area (Å²) in [4.78, 5) is 22.9. The minimum Gasteiger partial charge on any atom is -0.473 e. The number of pyridine rings is 1. The molecule has 4 aromatic rings. The molecule has 0 bridgehead atoms. The van der Waals surface area contributed by atoms with E-state index in [1.54, 1.807) is 23.0 Å². The van der Waals surface area contributed by atoms with Gasteiger partial charge in [0.15, 0.2) is 11.4 Å². The van der Waals surface area contributed by atoms with E-state index < -0.39 is 11.7 Å². The maximum Gasteiger partial charge on any atom is 0.407 e. The average Bonchev–Trinajstić information content (AvgIpc) is 3.43. The second-order valence-electron chi connectivity index (χ2n) is 10.3. The third-order valence-corrected chi connectivity index (χ3v) is 6.13. The monoisotopic (exact) mass is 508 g/mol. The smallest absolute Gasteiger partial charge is 0.407 e. The summed E-state index contributed by atoms with van der Waals surface area (Å²) in [7, 11) is 1.94. The first-order valence-corrected chi connectivity index (χ1v) is 12.4. The molecule has 1 amide bonds. The zero-order chi connectivity index (χ0) is 26.2. The summed E-state index contributed by atoms with van der Waals surface area (Å²) in [6.45, 7) is 6.31. The van der Waals surface area contributed by atoms with Gasteiger partial charge in [0.25, 0.3) is 0 Å². The lowest BCUT2D eigenvalue weighted by Crippen LogP contribution is -2.50. The maximum atomic E-state index is 12.0. The van der Waals surface area contributed by atoms with Gasteiger partial charge in [0.2, 0.25) is 5.88 Å². The number of aliphatic hydroxyl groups is 1. The summed E-state index contributed by atoms with van der Waals surface area (Å²) < 4.78 is 19.2. The Hall–Kier alpha value is -3.86. The second kappa shape index (κ2) is 9.89. The molecule has 1 fully saturated rings. The molecule has 4 heterocycles. The lowest BCUT2D eigenvalue weighted by molar-refractivity contribution is 0.0352. The number of alkyl carbamates (subject to hydrolysis) is 1. The maximum absolute atomic E-state index is 12.0. The van der Waals surface area contributed by atoms with E-state index in [9.17, 15) is 9.90 Å². The van der Waals surface area contributed by atoms with Crippen molar-refractivity contribution < 1.29 is 23.8 Å². The first-order chi connectivity index (χ1) is 17.7. The van der Waals surface area contributed by atoms with Crippen LogP contribution in [0.15, 0.2) is 41.1 Å². The van der Waals surface area contributed by atoms with Gasteiger partial charge in [0.05, 0.1) is 11.6 Å². The predicted molar refractivity (Wildman–Crippen MR) is 138 cm³/mol. The second-order valence-corrected chi connectivity index (χ2v) is 10.3.